The molecule has 0 spiro atoms. The number of aryl methyl sites for hydroxylation is 3. The number of rotatable bonds is 2. The van der Waals surface area contributed by atoms with Crippen LogP contribution < -0.4 is 0 Å². The number of benzene rings is 2. The molecule has 0 aliphatic rings. The zero-order valence-corrected chi connectivity index (χ0v) is 14.4. The molecule has 0 atom stereocenters. The molecule has 22 heavy (non-hydrogen) atoms. The van der Waals surface area contributed by atoms with E-state index >= 15 is 0 Å². The normalized spacial score (nSPS) is 12.1. The van der Waals surface area contributed by atoms with E-state index in [1.165, 1.54) is 11.1 Å². The lowest BCUT2D eigenvalue weighted by Gasteiger charge is -2.21. The Kier molecular flexibility index (Phi) is 4.41. The maximum Gasteiger partial charge on any atom is 0.144 e. The van der Waals surface area contributed by atoms with Crippen LogP contribution in [0.4, 0.5) is 5.69 Å². The Balaban J connectivity index is 2.48. The van der Waals surface area contributed by atoms with Gasteiger partial charge in [-0.25, -0.2) is 0 Å². The summed E-state index contributed by atoms with van der Waals surface area (Å²) in [7, 11) is 0. The average Bonchev–Trinajstić information content (AvgIpc) is 2.41. The zero-order valence-electron chi connectivity index (χ0n) is 14.4. The molecule has 2 nitrogen and oxygen atoms in total. The quantitative estimate of drug-likeness (QED) is 0.743. The predicted molar refractivity (Wildman–Crippen MR) is 94.7 cm³/mol. The highest BCUT2D eigenvalue weighted by atomic mass is 16.3. The first-order chi connectivity index (χ1) is 10.2. The first kappa shape index (κ1) is 16.3. The van der Waals surface area contributed by atoms with Crippen molar-refractivity contribution >= 4 is 11.9 Å². The Morgan fingerprint density at radius 2 is 1.64 bits per heavy atom. The monoisotopic (exact) mass is 295 g/mol. The average molecular weight is 295 g/mol. The highest BCUT2D eigenvalue weighted by molar-refractivity contribution is 5.85. The number of aromatic hydroxyl groups is 1. The van der Waals surface area contributed by atoms with Crippen LogP contribution in [-0.2, 0) is 5.41 Å². The third kappa shape index (κ3) is 3.56. The van der Waals surface area contributed by atoms with Gasteiger partial charge in [-0.1, -0.05) is 50.6 Å². The smallest absolute Gasteiger partial charge is 0.144 e. The molecule has 0 radical (unpaired) electrons. The van der Waals surface area contributed by atoms with Crippen LogP contribution in [0.25, 0.3) is 0 Å². The fourth-order valence-electron chi connectivity index (χ4n) is 2.47. The first-order valence-corrected chi connectivity index (χ1v) is 7.64. The molecular formula is C20H25NO. The highest BCUT2D eigenvalue weighted by Gasteiger charge is 2.20. The largest absolute Gasteiger partial charge is 0.505 e. The molecule has 0 amide bonds. The van der Waals surface area contributed by atoms with Crippen LogP contribution in [0.5, 0.6) is 5.75 Å². The molecule has 0 fully saturated rings. The summed E-state index contributed by atoms with van der Waals surface area (Å²) in [4.78, 5) is 4.54. The molecule has 1 N–H and O–H groups in total. The van der Waals surface area contributed by atoms with E-state index < -0.39 is 0 Å². The van der Waals surface area contributed by atoms with Gasteiger partial charge in [-0.15, -0.1) is 0 Å². The highest BCUT2D eigenvalue weighted by Crippen LogP contribution is 2.38. The van der Waals surface area contributed by atoms with Crippen LogP contribution in [0.1, 0.15) is 48.6 Å². The van der Waals surface area contributed by atoms with Crippen molar-refractivity contribution < 1.29 is 5.11 Å². The molecule has 2 rings (SSSR count). The SMILES string of the molecule is Cc1ccc(C)c(C=Nc2cc(C)cc(C(C)(C)C)c2O)c1. The van der Waals surface area contributed by atoms with Gasteiger partial charge in [-0.05, 0) is 48.9 Å². The molecule has 2 aromatic rings. The minimum Gasteiger partial charge on any atom is -0.505 e. The van der Waals surface area contributed by atoms with Crippen molar-refractivity contribution in [3.63, 3.8) is 0 Å². The van der Waals surface area contributed by atoms with Crippen LogP contribution in [0, 0.1) is 20.8 Å². The summed E-state index contributed by atoms with van der Waals surface area (Å²) in [5, 5.41) is 10.5. The van der Waals surface area contributed by atoms with Gasteiger partial charge in [0.05, 0.1) is 0 Å². The molecule has 0 saturated carbocycles. The van der Waals surface area contributed by atoms with Crippen molar-refractivity contribution in [2.24, 2.45) is 4.99 Å². The second kappa shape index (κ2) is 5.96. The molecule has 0 unspecified atom stereocenters. The van der Waals surface area contributed by atoms with Crippen LogP contribution in [-0.4, -0.2) is 11.3 Å². The number of hydrogen-bond donors (Lipinski definition) is 1. The van der Waals surface area contributed by atoms with E-state index in [1.54, 1.807) is 0 Å². The molecule has 2 heteroatoms. The van der Waals surface area contributed by atoms with Crippen molar-refractivity contribution in [1.29, 1.82) is 0 Å². The van der Waals surface area contributed by atoms with Gasteiger partial charge in [0.15, 0.2) is 0 Å². The topological polar surface area (TPSA) is 32.6 Å². The maximum absolute atomic E-state index is 10.5. The van der Waals surface area contributed by atoms with Crippen LogP contribution in [0.15, 0.2) is 35.3 Å². The van der Waals surface area contributed by atoms with Crippen molar-refractivity contribution in [3.8, 4) is 5.75 Å². The van der Waals surface area contributed by atoms with Crippen LogP contribution in [0.2, 0.25) is 0 Å². The van der Waals surface area contributed by atoms with E-state index in [0.717, 1.165) is 16.7 Å². The third-order valence-electron chi connectivity index (χ3n) is 3.82. The van der Waals surface area contributed by atoms with Crippen molar-refractivity contribution in [2.75, 3.05) is 0 Å². The summed E-state index contributed by atoms with van der Waals surface area (Å²) in [5.74, 6) is 0.277. The molecular weight excluding hydrogens is 270 g/mol. The fourth-order valence-corrected chi connectivity index (χ4v) is 2.47. The molecule has 0 saturated heterocycles. The Labute approximate surface area is 133 Å². The summed E-state index contributed by atoms with van der Waals surface area (Å²) >= 11 is 0. The lowest BCUT2D eigenvalue weighted by molar-refractivity contribution is 0.448. The predicted octanol–water partition coefficient (Wildman–Crippen LogP) is 5.37. The van der Waals surface area contributed by atoms with Crippen molar-refractivity contribution in [1.82, 2.24) is 0 Å². The van der Waals surface area contributed by atoms with E-state index in [1.807, 2.05) is 25.3 Å². The van der Waals surface area contributed by atoms with Gasteiger partial charge in [0.25, 0.3) is 0 Å². The van der Waals surface area contributed by atoms with E-state index in [9.17, 15) is 5.11 Å². The van der Waals surface area contributed by atoms with Crippen molar-refractivity contribution in [3.05, 3.63) is 58.1 Å². The molecule has 116 valence electrons. The number of hydrogen-bond acceptors (Lipinski definition) is 2. The number of phenolic OH excluding ortho intramolecular Hbond substituents is 1. The van der Waals surface area contributed by atoms with E-state index in [4.69, 9.17) is 0 Å². The minimum absolute atomic E-state index is 0.111. The number of nitrogens with zero attached hydrogens (tertiary/aromatic N) is 1. The van der Waals surface area contributed by atoms with Gasteiger partial charge >= 0.3 is 0 Å². The summed E-state index contributed by atoms with van der Waals surface area (Å²) < 4.78 is 0. The van der Waals surface area contributed by atoms with E-state index in [-0.39, 0.29) is 11.2 Å². The minimum atomic E-state index is -0.111. The van der Waals surface area contributed by atoms with Crippen molar-refractivity contribution in [2.45, 2.75) is 47.0 Å². The number of phenols is 1. The molecule has 0 aliphatic heterocycles. The Morgan fingerprint density at radius 3 is 2.27 bits per heavy atom. The van der Waals surface area contributed by atoms with Gasteiger partial charge in [0, 0.05) is 11.8 Å². The van der Waals surface area contributed by atoms with Crippen LogP contribution in [0.3, 0.4) is 0 Å². The number of aliphatic imine (C=N–C) groups is 1. The summed E-state index contributed by atoms with van der Waals surface area (Å²) in [6.07, 6.45) is 1.84. The Bertz CT molecular complexity index is 721. The van der Waals surface area contributed by atoms with Gasteiger partial charge in [0.2, 0.25) is 0 Å². The summed E-state index contributed by atoms with van der Waals surface area (Å²) in [6.45, 7) is 12.5. The molecule has 0 heterocycles. The second-order valence-electron chi connectivity index (χ2n) is 7.05. The fraction of sp³-hybridized carbons (Fsp3) is 0.350. The van der Waals surface area contributed by atoms with E-state index in [2.05, 4.69) is 57.8 Å². The molecule has 0 aliphatic carbocycles. The summed E-state index contributed by atoms with van der Waals surface area (Å²) in [6, 6.07) is 10.2. The second-order valence-corrected chi connectivity index (χ2v) is 7.05. The van der Waals surface area contributed by atoms with E-state index in [0.29, 0.717) is 5.69 Å². The van der Waals surface area contributed by atoms with Gasteiger partial charge in [-0.3, -0.25) is 4.99 Å². The Morgan fingerprint density at radius 1 is 0.955 bits per heavy atom. The van der Waals surface area contributed by atoms with Gasteiger partial charge in [-0.2, -0.15) is 0 Å². The standard InChI is InChI=1S/C20H25NO/c1-13-7-8-15(3)16(9-13)12-21-18-11-14(2)10-17(19(18)22)20(4,5)6/h7-12,22H,1-6H3. The lowest BCUT2D eigenvalue weighted by Crippen LogP contribution is -2.11. The van der Waals surface area contributed by atoms with Crippen LogP contribution >= 0.6 is 0 Å². The van der Waals surface area contributed by atoms with Gasteiger partial charge in [0.1, 0.15) is 11.4 Å². The zero-order chi connectivity index (χ0) is 16.5. The maximum atomic E-state index is 10.5. The molecule has 0 aromatic heterocycles. The molecule has 2 aromatic carbocycles. The van der Waals surface area contributed by atoms with Gasteiger partial charge < -0.3 is 5.11 Å². The third-order valence-corrected chi connectivity index (χ3v) is 3.82. The summed E-state index contributed by atoms with van der Waals surface area (Å²) in [5.41, 5.74) is 6.02. The first-order valence-electron chi connectivity index (χ1n) is 7.64. The molecule has 0 bridgehead atoms. The Hall–Kier alpha value is -2.09. The lowest BCUT2D eigenvalue weighted by atomic mass is 9.85.